The molecule has 1 atom stereocenters. The highest BCUT2D eigenvalue weighted by Gasteiger charge is 2.28. The van der Waals surface area contributed by atoms with E-state index in [-0.39, 0.29) is 0 Å². The summed E-state index contributed by atoms with van der Waals surface area (Å²) in [7, 11) is 1.75. The Labute approximate surface area is 126 Å². The second-order valence-corrected chi connectivity index (χ2v) is 5.53. The Morgan fingerprint density at radius 1 is 1.29 bits per heavy atom. The van der Waals surface area contributed by atoms with Gasteiger partial charge in [0.1, 0.15) is 5.75 Å². The normalized spacial score (nSPS) is 19.0. The fourth-order valence-electron chi connectivity index (χ4n) is 3.18. The number of aromatic nitrogens is 2. The Morgan fingerprint density at radius 2 is 2.14 bits per heavy atom. The van der Waals surface area contributed by atoms with Crippen LogP contribution in [0.5, 0.6) is 5.75 Å². The van der Waals surface area contributed by atoms with Gasteiger partial charge in [0.15, 0.2) is 0 Å². The number of benzene rings is 1. The van der Waals surface area contributed by atoms with Crippen LogP contribution < -0.4 is 4.74 Å². The number of methoxy groups -OCH3 is 1. The second-order valence-electron chi connectivity index (χ2n) is 5.53. The van der Waals surface area contributed by atoms with Gasteiger partial charge in [-0.3, -0.25) is 9.58 Å². The van der Waals surface area contributed by atoms with E-state index >= 15 is 0 Å². The van der Waals surface area contributed by atoms with E-state index in [1.54, 1.807) is 7.11 Å². The number of nitrogens with zero attached hydrogens (tertiary/aromatic N) is 3. The second kappa shape index (κ2) is 6.31. The first-order valence-corrected chi connectivity index (χ1v) is 7.71. The lowest BCUT2D eigenvalue weighted by molar-refractivity contribution is 0.239. The first kappa shape index (κ1) is 14.1. The Hall–Kier alpha value is -1.81. The molecule has 1 aromatic carbocycles. The van der Waals surface area contributed by atoms with E-state index in [1.807, 2.05) is 10.7 Å². The molecule has 2 heterocycles. The first-order chi connectivity index (χ1) is 10.3. The maximum absolute atomic E-state index is 5.53. The molecule has 0 N–H and O–H groups in total. The van der Waals surface area contributed by atoms with Gasteiger partial charge < -0.3 is 4.74 Å². The monoisotopic (exact) mass is 285 g/mol. The van der Waals surface area contributed by atoms with Crippen LogP contribution in [0, 0.1) is 0 Å². The average molecular weight is 285 g/mol. The van der Waals surface area contributed by atoms with Gasteiger partial charge in [0.25, 0.3) is 0 Å². The standard InChI is InChI=1S/C17H23N3O/c1-3-20-12-10-14(18-20)13-19-11-6-8-16(19)15-7-4-5-9-17(15)21-2/h4-5,7,9-10,12,16H,3,6,8,11,13H2,1-2H3/t16-/m0/s1. The molecule has 0 bridgehead atoms. The van der Waals surface area contributed by atoms with Crippen LogP contribution in [-0.2, 0) is 13.1 Å². The fraction of sp³-hybridized carbons (Fsp3) is 0.471. The molecule has 0 unspecified atom stereocenters. The van der Waals surface area contributed by atoms with Crippen molar-refractivity contribution >= 4 is 0 Å². The highest BCUT2D eigenvalue weighted by Crippen LogP contribution is 2.37. The summed E-state index contributed by atoms with van der Waals surface area (Å²) in [5.74, 6) is 0.994. The van der Waals surface area contributed by atoms with E-state index in [4.69, 9.17) is 4.74 Å². The molecule has 2 aromatic rings. The minimum Gasteiger partial charge on any atom is -0.496 e. The Kier molecular flexibility index (Phi) is 4.25. The number of likely N-dealkylation sites (tertiary alicyclic amines) is 1. The molecule has 0 amide bonds. The number of ether oxygens (including phenoxy) is 1. The van der Waals surface area contributed by atoms with Gasteiger partial charge in [0.2, 0.25) is 0 Å². The van der Waals surface area contributed by atoms with Crippen LogP contribution in [-0.4, -0.2) is 28.3 Å². The van der Waals surface area contributed by atoms with Gasteiger partial charge in [-0.05, 0) is 38.4 Å². The van der Waals surface area contributed by atoms with Gasteiger partial charge in [0.05, 0.1) is 12.8 Å². The van der Waals surface area contributed by atoms with Crippen LogP contribution in [0.15, 0.2) is 36.5 Å². The molecule has 1 fully saturated rings. The SMILES string of the molecule is CCn1ccc(CN2CCC[C@H]2c2ccccc2OC)n1. The molecule has 1 aliphatic rings. The lowest BCUT2D eigenvalue weighted by Crippen LogP contribution is -2.23. The first-order valence-electron chi connectivity index (χ1n) is 7.71. The van der Waals surface area contributed by atoms with Crippen molar-refractivity contribution < 1.29 is 4.74 Å². The maximum Gasteiger partial charge on any atom is 0.123 e. The molecule has 4 nitrogen and oxygen atoms in total. The van der Waals surface area contributed by atoms with E-state index in [0.29, 0.717) is 6.04 Å². The van der Waals surface area contributed by atoms with Gasteiger partial charge in [0, 0.05) is 30.9 Å². The molecular weight excluding hydrogens is 262 g/mol. The van der Waals surface area contributed by atoms with Crippen LogP contribution in [0.1, 0.15) is 37.1 Å². The lowest BCUT2D eigenvalue weighted by atomic mass is 10.0. The maximum atomic E-state index is 5.53. The van der Waals surface area contributed by atoms with Crippen molar-refractivity contribution in [2.45, 2.75) is 38.9 Å². The zero-order valence-electron chi connectivity index (χ0n) is 12.8. The molecule has 3 rings (SSSR count). The molecule has 0 spiro atoms. The molecule has 0 saturated carbocycles. The molecule has 1 saturated heterocycles. The zero-order chi connectivity index (χ0) is 14.7. The molecule has 21 heavy (non-hydrogen) atoms. The van der Waals surface area contributed by atoms with Crippen LogP contribution in [0.25, 0.3) is 0 Å². The summed E-state index contributed by atoms with van der Waals surface area (Å²) in [6.45, 7) is 5.08. The molecule has 112 valence electrons. The summed E-state index contributed by atoms with van der Waals surface area (Å²) < 4.78 is 7.52. The van der Waals surface area contributed by atoms with Crippen LogP contribution in [0.3, 0.4) is 0 Å². The van der Waals surface area contributed by atoms with E-state index in [1.165, 1.54) is 18.4 Å². The van der Waals surface area contributed by atoms with Crippen LogP contribution in [0.4, 0.5) is 0 Å². The molecule has 4 heteroatoms. The lowest BCUT2D eigenvalue weighted by Gasteiger charge is -2.25. The van der Waals surface area contributed by atoms with Gasteiger partial charge in [-0.15, -0.1) is 0 Å². The summed E-state index contributed by atoms with van der Waals surface area (Å²) in [6.07, 6.45) is 4.48. The Morgan fingerprint density at radius 3 is 2.90 bits per heavy atom. The third kappa shape index (κ3) is 2.95. The predicted molar refractivity (Wildman–Crippen MR) is 83.3 cm³/mol. The molecule has 0 aliphatic carbocycles. The van der Waals surface area contributed by atoms with Crippen molar-refractivity contribution in [3.8, 4) is 5.75 Å². The van der Waals surface area contributed by atoms with Gasteiger partial charge in [-0.2, -0.15) is 5.10 Å². The third-order valence-electron chi connectivity index (χ3n) is 4.25. The van der Waals surface area contributed by atoms with E-state index in [0.717, 1.165) is 31.1 Å². The largest absolute Gasteiger partial charge is 0.496 e. The summed E-state index contributed by atoms with van der Waals surface area (Å²) in [5, 5.41) is 4.61. The number of aryl methyl sites for hydroxylation is 1. The highest BCUT2D eigenvalue weighted by molar-refractivity contribution is 5.36. The smallest absolute Gasteiger partial charge is 0.123 e. The quantitative estimate of drug-likeness (QED) is 0.845. The van der Waals surface area contributed by atoms with Crippen molar-refractivity contribution in [3.63, 3.8) is 0 Å². The van der Waals surface area contributed by atoms with E-state index in [9.17, 15) is 0 Å². The number of hydrogen-bond acceptors (Lipinski definition) is 3. The number of rotatable bonds is 5. The summed E-state index contributed by atoms with van der Waals surface area (Å²) in [4.78, 5) is 2.51. The topological polar surface area (TPSA) is 30.3 Å². The minimum atomic E-state index is 0.438. The average Bonchev–Trinajstić information content (AvgIpc) is 3.17. The van der Waals surface area contributed by atoms with Crippen molar-refractivity contribution in [1.29, 1.82) is 0 Å². The predicted octanol–water partition coefficient (Wildman–Crippen LogP) is 3.25. The number of para-hydroxylation sites is 1. The minimum absolute atomic E-state index is 0.438. The molecule has 1 aliphatic heterocycles. The Balaban J connectivity index is 1.79. The zero-order valence-corrected chi connectivity index (χ0v) is 12.8. The summed E-state index contributed by atoms with van der Waals surface area (Å²) in [5.41, 5.74) is 2.45. The summed E-state index contributed by atoms with van der Waals surface area (Å²) >= 11 is 0. The van der Waals surface area contributed by atoms with Crippen LogP contribution in [0.2, 0.25) is 0 Å². The van der Waals surface area contributed by atoms with Crippen molar-refractivity contribution in [3.05, 3.63) is 47.8 Å². The van der Waals surface area contributed by atoms with Gasteiger partial charge in [-0.25, -0.2) is 0 Å². The molecular formula is C17H23N3O. The number of hydrogen-bond donors (Lipinski definition) is 0. The molecule has 0 radical (unpaired) electrons. The van der Waals surface area contributed by atoms with Crippen molar-refractivity contribution in [2.24, 2.45) is 0 Å². The van der Waals surface area contributed by atoms with Gasteiger partial charge in [-0.1, -0.05) is 18.2 Å². The van der Waals surface area contributed by atoms with E-state index < -0.39 is 0 Å². The van der Waals surface area contributed by atoms with E-state index in [2.05, 4.69) is 47.4 Å². The van der Waals surface area contributed by atoms with Crippen molar-refractivity contribution in [2.75, 3.05) is 13.7 Å². The Bertz CT molecular complexity index is 593. The third-order valence-corrected chi connectivity index (χ3v) is 4.25. The van der Waals surface area contributed by atoms with Crippen molar-refractivity contribution in [1.82, 2.24) is 14.7 Å². The highest BCUT2D eigenvalue weighted by atomic mass is 16.5. The van der Waals surface area contributed by atoms with Gasteiger partial charge >= 0.3 is 0 Å². The fourth-order valence-corrected chi connectivity index (χ4v) is 3.18. The molecule has 1 aromatic heterocycles. The summed E-state index contributed by atoms with van der Waals surface area (Å²) in [6, 6.07) is 10.9. The van der Waals surface area contributed by atoms with Crippen LogP contribution >= 0.6 is 0 Å².